The smallest absolute Gasteiger partial charge is 0.325 e. The number of ether oxygens (including phenoxy) is 1. The molecule has 0 spiro atoms. The van der Waals surface area contributed by atoms with Crippen molar-refractivity contribution in [3.63, 3.8) is 0 Å². The second kappa shape index (κ2) is 10.0. The maximum absolute atomic E-state index is 12.2. The van der Waals surface area contributed by atoms with Gasteiger partial charge in [-0.2, -0.15) is 0 Å². The van der Waals surface area contributed by atoms with Crippen LogP contribution in [0.15, 0.2) is 66.7 Å². The zero-order valence-electron chi connectivity index (χ0n) is 16.8. The standard InChI is InChI=1S/C23H21N3O5/c1-24-22(29)16-8-10-19(11-9-16)26-20(27)14-31-21(28)13-25-23(30)18-7-6-15-4-2-3-5-17(15)12-18/h2-12H,13-14H2,1H3,(H,24,29)(H,25,30)(H,26,27). The van der Waals surface area contributed by atoms with Crippen molar-refractivity contribution in [3.8, 4) is 0 Å². The molecular formula is C23H21N3O5. The van der Waals surface area contributed by atoms with Crippen LogP contribution in [0.4, 0.5) is 5.69 Å². The number of hydrogen-bond acceptors (Lipinski definition) is 5. The fourth-order valence-electron chi connectivity index (χ4n) is 2.83. The Bertz CT molecular complexity index is 1130. The van der Waals surface area contributed by atoms with E-state index in [0.29, 0.717) is 16.8 Å². The molecule has 8 heteroatoms. The summed E-state index contributed by atoms with van der Waals surface area (Å²) in [5.74, 6) is -1.93. The Hall–Kier alpha value is -4.20. The molecule has 3 aromatic carbocycles. The number of amides is 3. The molecule has 3 rings (SSSR count). The third-order valence-electron chi connectivity index (χ3n) is 4.43. The molecule has 0 aliphatic rings. The first-order valence-corrected chi connectivity index (χ1v) is 9.51. The van der Waals surface area contributed by atoms with Crippen molar-refractivity contribution >= 4 is 40.2 Å². The fourth-order valence-corrected chi connectivity index (χ4v) is 2.83. The molecular weight excluding hydrogens is 398 g/mol. The zero-order chi connectivity index (χ0) is 22.2. The van der Waals surface area contributed by atoms with Crippen LogP contribution in [-0.2, 0) is 14.3 Å². The summed E-state index contributed by atoms with van der Waals surface area (Å²) in [5, 5.41) is 9.45. The number of anilines is 1. The molecule has 0 aliphatic carbocycles. The van der Waals surface area contributed by atoms with Crippen LogP contribution in [0.5, 0.6) is 0 Å². The highest BCUT2D eigenvalue weighted by Crippen LogP contribution is 2.15. The lowest BCUT2D eigenvalue weighted by molar-refractivity contribution is -0.146. The van der Waals surface area contributed by atoms with Gasteiger partial charge >= 0.3 is 5.97 Å². The van der Waals surface area contributed by atoms with Gasteiger partial charge in [0, 0.05) is 23.9 Å². The number of fused-ring (bicyclic) bond motifs is 1. The Morgan fingerprint density at radius 1 is 0.806 bits per heavy atom. The summed E-state index contributed by atoms with van der Waals surface area (Å²) in [6.45, 7) is -0.859. The molecule has 0 atom stereocenters. The average molecular weight is 419 g/mol. The van der Waals surface area contributed by atoms with Crippen LogP contribution in [-0.4, -0.2) is 43.9 Å². The largest absolute Gasteiger partial charge is 0.454 e. The molecule has 8 nitrogen and oxygen atoms in total. The monoisotopic (exact) mass is 419 g/mol. The number of benzene rings is 3. The lowest BCUT2D eigenvalue weighted by Crippen LogP contribution is -2.32. The molecule has 3 N–H and O–H groups in total. The van der Waals surface area contributed by atoms with Crippen LogP contribution in [0, 0.1) is 0 Å². The second-order valence-corrected chi connectivity index (χ2v) is 6.61. The second-order valence-electron chi connectivity index (χ2n) is 6.61. The van der Waals surface area contributed by atoms with E-state index in [1.165, 1.54) is 7.05 Å². The minimum atomic E-state index is -0.737. The maximum Gasteiger partial charge on any atom is 0.325 e. The van der Waals surface area contributed by atoms with Crippen LogP contribution in [0.1, 0.15) is 20.7 Å². The van der Waals surface area contributed by atoms with Crippen LogP contribution in [0.25, 0.3) is 10.8 Å². The van der Waals surface area contributed by atoms with E-state index in [4.69, 9.17) is 4.74 Å². The van der Waals surface area contributed by atoms with Crippen molar-refractivity contribution in [1.82, 2.24) is 10.6 Å². The minimum absolute atomic E-state index is 0.238. The Morgan fingerprint density at radius 3 is 2.19 bits per heavy atom. The van der Waals surface area contributed by atoms with Gasteiger partial charge in [-0.1, -0.05) is 30.3 Å². The van der Waals surface area contributed by atoms with Gasteiger partial charge in [-0.15, -0.1) is 0 Å². The van der Waals surface area contributed by atoms with Gasteiger partial charge < -0.3 is 20.7 Å². The van der Waals surface area contributed by atoms with E-state index in [-0.39, 0.29) is 12.5 Å². The Balaban J connectivity index is 1.43. The predicted octanol–water partition coefficient (Wildman–Crippen LogP) is 2.11. The van der Waals surface area contributed by atoms with E-state index in [1.807, 2.05) is 30.3 Å². The topological polar surface area (TPSA) is 114 Å². The number of carbonyl (C=O) groups is 4. The van der Waals surface area contributed by atoms with Crippen LogP contribution >= 0.6 is 0 Å². The highest BCUT2D eigenvalue weighted by molar-refractivity contribution is 6.00. The normalized spacial score (nSPS) is 10.2. The molecule has 0 saturated heterocycles. The van der Waals surface area contributed by atoms with Crippen molar-refractivity contribution in [3.05, 3.63) is 77.9 Å². The molecule has 0 aromatic heterocycles. The molecule has 0 radical (unpaired) electrons. The lowest BCUT2D eigenvalue weighted by atomic mass is 10.1. The van der Waals surface area contributed by atoms with E-state index in [2.05, 4.69) is 16.0 Å². The van der Waals surface area contributed by atoms with Gasteiger partial charge in [0.05, 0.1) is 0 Å². The van der Waals surface area contributed by atoms with Gasteiger partial charge in [0.15, 0.2) is 6.61 Å². The van der Waals surface area contributed by atoms with Gasteiger partial charge in [0.25, 0.3) is 17.7 Å². The molecule has 0 unspecified atom stereocenters. The summed E-state index contributed by atoms with van der Waals surface area (Å²) in [7, 11) is 1.52. The fraction of sp³-hybridized carbons (Fsp3) is 0.130. The van der Waals surface area contributed by atoms with E-state index < -0.39 is 24.4 Å². The van der Waals surface area contributed by atoms with Crippen molar-refractivity contribution in [2.24, 2.45) is 0 Å². The highest BCUT2D eigenvalue weighted by atomic mass is 16.5. The summed E-state index contributed by atoms with van der Waals surface area (Å²) < 4.78 is 4.88. The summed E-state index contributed by atoms with van der Waals surface area (Å²) in [6.07, 6.45) is 0. The lowest BCUT2D eigenvalue weighted by Gasteiger charge is -2.08. The van der Waals surface area contributed by atoms with Crippen molar-refractivity contribution in [1.29, 1.82) is 0 Å². The minimum Gasteiger partial charge on any atom is -0.454 e. The first-order chi connectivity index (χ1) is 15.0. The predicted molar refractivity (Wildman–Crippen MR) is 116 cm³/mol. The van der Waals surface area contributed by atoms with E-state index in [0.717, 1.165) is 10.8 Å². The number of rotatable bonds is 7. The summed E-state index contributed by atoms with van der Waals surface area (Å²) >= 11 is 0. The Kier molecular flexibility index (Phi) is 6.95. The summed E-state index contributed by atoms with van der Waals surface area (Å²) in [6, 6.07) is 19.1. The van der Waals surface area contributed by atoms with Crippen LogP contribution < -0.4 is 16.0 Å². The van der Waals surface area contributed by atoms with Gasteiger partial charge in [-0.05, 0) is 47.2 Å². The Labute approximate surface area is 178 Å². The summed E-state index contributed by atoms with van der Waals surface area (Å²) in [4.78, 5) is 47.5. The van der Waals surface area contributed by atoms with Crippen molar-refractivity contribution < 1.29 is 23.9 Å². The SMILES string of the molecule is CNC(=O)c1ccc(NC(=O)COC(=O)CNC(=O)c2ccc3ccccc3c2)cc1. The molecule has 0 fully saturated rings. The zero-order valence-corrected chi connectivity index (χ0v) is 16.8. The van der Waals surface area contributed by atoms with Gasteiger partial charge in [-0.3, -0.25) is 19.2 Å². The third-order valence-corrected chi connectivity index (χ3v) is 4.43. The van der Waals surface area contributed by atoms with E-state index in [1.54, 1.807) is 36.4 Å². The quantitative estimate of drug-likeness (QED) is 0.508. The van der Waals surface area contributed by atoms with E-state index in [9.17, 15) is 19.2 Å². The maximum atomic E-state index is 12.2. The van der Waals surface area contributed by atoms with Crippen LogP contribution in [0.3, 0.4) is 0 Å². The molecule has 0 aliphatic heterocycles. The average Bonchev–Trinajstić information content (AvgIpc) is 2.80. The number of carbonyl (C=O) groups excluding carboxylic acids is 4. The van der Waals surface area contributed by atoms with Gasteiger partial charge in [-0.25, -0.2) is 0 Å². The Morgan fingerprint density at radius 2 is 1.48 bits per heavy atom. The first-order valence-electron chi connectivity index (χ1n) is 9.51. The molecule has 3 amide bonds. The van der Waals surface area contributed by atoms with Crippen LogP contribution in [0.2, 0.25) is 0 Å². The van der Waals surface area contributed by atoms with Crippen molar-refractivity contribution in [2.45, 2.75) is 0 Å². The molecule has 0 saturated carbocycles. The molecule has 31 heavy (non-hydrogen) atoms. The molecule has 0 heterocycles. The summed E-state index contributed by atoms with van der Waals surface area (Å²) in [5.41, 5.74) is 1.33. The number of nitrogens with one attached hydrogen (secondary N) is 3. The van der Waals surface area contributed by atoms with Crippen molar-refractivity contribution in [2.75, 3.05) is 25.5 Å². The highest BCUT2D eigenvalue weighted by Gasteiger charge is 2.12. The molecule has 158 valence electrons. The molecule has 3 aromatic rings. The first kappa shape index (κ1) is 21.5. The third kappa shape index (κ3) is 5.89. The van der Waals surface area contributed by atoms with E-state index >= 15 is 0 Å². The van der Waals surface area contributed by atoms with Gasteiger partial charge in [0.2, 0.25) is 0 Å². The number of hydrogen-bond donors (Lipinski definition) is 3. The number of esters is 1. The van der Waals surface area contributed by atoms with Gasteiger partial charge in [0.1, 0.15) is 6.54 Å². The molecule has 0 bridgehead atoms.